The lowest BCUT2D eigenvalue weighted by atomic mass is 9.86. The quantitative estimate of drug-likeness (QED) is 0.659. The average molecular weight is 380 g/mol. The molecule has 1 aliphatic rings. The zero-order valence-electron chi connectivity index (χ0n) is 15.7. The van der Waals surface area contributed by atoms with Crippen molar-refractivity contribution in [1.29, 1.82) is 0 Å². The Kier molecular flexibility index (Phi) is 4.52. The summed E-state index contributed by atoms with van der Waals surface area (Å²) in [5.41, 5.74) is 5.27. The maximum absolute atomic E-state index is 12.4. The fourth-order valence-corrected chi connectivity index (χ4v) is 3.81. The lowest BCUT2D eigenvalue weighted by Crippen LogP contribution is -2.24. The molecule has 0 fully saturated rings. The average Bonchev–Trinajstić information content (AvgIpc) is 3.07. The molecule has 1 amide bonds. The molecule has 0 unspecified atom stereocenters. The highest BCUT2D eigenvalue weighted by atomic mass is 35.5. The van der Waals surface area contributed by atoms with Crippen molar-refractivity contribution in [3.63, 3.8) is 0 Å². The molecule has 5 heteroatoms. The van der Waals surface area contributed by atoms with Crippen molar-refractivity contribution in [2.75, 3.05) is 5.32 Å². The highest BCUT2D eigenvalue weighted by Crippen LogP contribution is 2.39. The van der Waals surface area contributed by atoms with Crippen LogP contribution >= 0.6 is 11.6 Å². The van der Waals surface area contributed by atoms with Crippen molar-refractivity contribution in [3.05, 3.63) is 75.9 Å². The summed E-state index contributed by atoms with van der Waals surface area (Å²) in [6, 6.07) is 14.3. The smallest absolute Gasteiger partial charge is 0.226 e. The molecule has 3 aromatic rings. The lowest BCUT2D eigenvalue weighted by molar-refractivity contribution is -0.116. The van der Waals surface area contributed by atoms with E-state index in [0.29, 0.717) is 17.4 Å². The van der Waals surface area contributed by atoms with Crippen molar-refractivity contribution in [2.24, 2.45) is 0 Å². The second-order valence-corrected chi connectivity index (χ2v) is 7.78. The lowest BCUT2D eigenvalue weighted by Gasteiger charge is -2.24. The van der Waals surface area contributed by atoms with E-state index in [1.54, 1.807) is 4.68 Å². The molecule has 1 aliphatic heterocycles. The number of halogens is 1. The largest absolute Gasteiger partial charge is 0.310 e. The van der Waals surface area contributed by atoms with Crippen LogP contribution in [0.1, 0.15) is 54.4 Å². The first kappa shape index (κ1) is 17.8. The van der Waals surface area contributed by atoms with E-state index >= 15 is 0 Å². The molecule has 27 heavy (non-hydrogen) atoms. The maximum Gasteiger partial charge on any atom is 0.226 e. The van der Waals surface area contributed by atoms with Crippen molar-refractivity contribution in [1.82, 2.24) is 9.78 Å². The molecule has 0 saturated carbocycles. The first-order valence-electron chi connectivity index (χ1n) is 9.19. The highest BCUT2D eigenvalue weighted by molar-refractivity contribution is 6.31. The number of hydrogen-bond acceptors (Lipinski definition) is 2. The Balaban J connectivity index is 1.79. The third-order valence-electron chi connectivity index (χ3n) is 5.29. The second kappa shape index (κ2) is 6.86. The normalized spacial score (nSPS) is 16.3. The van der Waals surface area contributed by atoms with Crippen molar-refractivity contribution in [2.45, 2.75) is 39.0 Å². The molecular formula is C22H22ClN3O. The third kappa shape index (κ3) is 3.15. The van der Waals surface area contributed by atoms with E-state index in [1.165, 1.54) is 5.56 Å². The number of benzene rings is 2. The van der Waals surface area contributed by atoms with Crippen LogP contribution in [0.3, 0.4) is 0 Å². The van der Waals surface area contributed by atoms with Crippen LogP contribution in [0.5, 0.6) is 0 Å². The van der Waals surface area contributed by atoms with Gasteiger partial charge in [0.05, 0.1) is 11.9 Å². The second-order valence-electron chi connectivity index (χ2n) is 7.37. The first-order chi connectivity index (χ1) is 13.0. The van der Waals surface area contributed by atoms with Gasteiger partial charge in [-0.2, -0.15) is 5.10 Å². The van der Waals surface area contributed by atoms with Crippen LogP contribution in [-0.4, -0.2) is 15.7 Å². The van der Waals surface area contributed by atoms with Gasteiger partial charge in [-0.3, -0.25) is 4.79 Å². The summed E-state index contributed by atoms with van der Waals surface area (Å²) in [6.45, 7) is 6.32. The van der Waals surface area contributed by atoms with Gasteiger partial charge in [0.1, 0.15) is 5.82 Å². The number of carbonyl (C=O) groups is 1. The summed E-state index contributed by atoms with van der Waals surface area (Å²) < 4.78 is 1.78. The van der Waals surface area contributed by atoms with Crippen LogP contribution in [0, 0.1) is 6.92 Å². The first-order valence-corrected chi connectivity index (χ1v) is 9.56. The molecule has 4 nitrogen and oxygen atoms in total. The molecule has 2 heterocycles. The summed E-state index contributed by atoms with van der Waals surface area (Å²) in [6.07, 6.45) is 2.28. The molecule has 0 spiro atoms. The van der Waals surface area contributed by atoms with Crippen molar-refractivity contribution < 1.29 is 4.79 Å². The minimum absolute atomic E-state index is 0.00173. The van der Waals surface area contributed by atoms with Crippen LogP contribution in [0.4, 0.5) is 5.82 Å². The number of hydrogen-bond donors (Lipinski definition) is 1. The van der Waals surface area contributed by atoms with E-state index in [0.717, 1.165) is 28.2 Å². The summed E-state index contributed by atoms with van der Waals surface area (Å²) >= 11 is 6.28. The Morgan fingerprint density at radius 2 is 1.93 bits per heavy atom. The predicted octanol–water partition coefficient (Wildman–Crippen LogP) is 5.43. The van der Waals surface area contributed by atoms with Crippen LogP contribution in [0.15, 0.2) is 48.7 Å². The van der Waals surface area contributed by atoms with Gasteiger partial charge in [-0.1, -0.05) is 55.8 Å². The monoisotopic (exact) mass is 379 g/mol. The Morgan fingerprint density at radius 1 is 1.19 bits per heavy atom. The molecule has 0 bridgehead atoms. The minimum Gasteiger partial charge on any atom is -0.310 e. The Morgan fingerprint density at radius 3 is 2.63 bits per heavy atom. The van der Waals surface area contributed by atoms with E-state index in [2.05, 4.69) is 48.5 Å². The van der Waals surface area contributed by atoms with Crippen LogP contribution < -0.4 is 5.32 Å². The van der Waals surface area contributed by atoms with Crippen LogP contribution in [0.2, 0.25) is 5.02 Å². The van der Waals surface area contributed by atoms with Gasteiger partial charge >= 0.3 is 0 Å². The molecule has 1 aromatic heterocycles. The fourth-order valence-electron chi connectivity index (χ4n) is 3.64. The fraction of sp³-hybridized carbons (Fsp3) is 0.273. The molecule has 1 atom stereocenters. The van der Waals surface area contributed by atoms with Crippen LogP contribution in [0.25, 0.3) is 5.69 Å². The zero-order valence-corrected chi connectivity index (χ0v) is 16.4. The Labute approximate surface area is 164 Å². The zero-order chi connectivity index (χ0) is 19.1. The summed E-state index contributed by atoms with van der Waals surface area (Å²) in [7, 11) is 0. The molecule has 4 rings (SSSR count). The van der Waals surface area contributed by atoms with E-state index in [-0.39, 0.29) is 11.8 Å². The van der Waals surface area contributed by atoms with E-state index < -0.39 is 0 Å². The topological polar surface area (TPSA) is 46.9 Å². The standard InChI is InChI=1S/C22H22ClN3O/c1-13(2)15-7-9-16(10-8-15)17-11-21(27)25-22-18(17)12-24-26(22)20-6-4-5-19(23)14(20)3/h4-10,12-13,17H,11H2,1-3H3,(H,25,27)/t17-/m1/s1. The van der Waals surface area contributed by atoms with Gasteiger partial charge in [0.15, 0.2) is 0 Å². The predicted molar refractivity (Wildman–Crippen MR) is 109 cm³/mol. The summed E-state index contributed by atoms with van der Waals surface area (Å²) in [4.78, 5) is 12.4. The van der Waals surface area contributed by atoms with Crippen molar-refractivity contribution >= 4 is 23.3 Å². The number of nitrogens with one attached hydrogen (secondary N) is 1. The van der Waals surface area contributed by atoms with E-state index in [9.17, 15) is 4.79 Å². The number of nitrogens with zero attached hydrogens (tertiary/aromatic N) is 2. The molecule has 0 radical (unpaired) electrons. The Bertz CT molecular complexity index is 1000. The highest BCUT2D eigenvalue weighted by Gasteiger charge is 2.30. The SMILES string of the molecule is Cc1c(Cl)cccc1-n1ncc2c1NC(=O)C[C@@H]2c1ccc(C(C)C)cc1. The number of fused-ring (bicyclic) bond motifs is 1. The molecule has 2 aromatic carbocycles. The minimum atomic E-state index is 0.00173. The number of anilines is 1. The van der Waals surface area contributed by atoms with Gasteiger partial charge in [0.25, 0.3) is 0 Å². The van der Waals surface area contributed by atoms with Crippen LogP contribution in [-0.2, 0) is 4.79 Å². The molecule has 0 saturated heterocycles. The van der Waals surface area contributed by atoms with Gasteiger partial charge in [0, 0.05) is 22.9 Å². The van der Waals surface area contributed by atoms with E-state index in [1.807, 2.05) is 31.3 Å². The third-order valence-corrected chi connectivity index (χ3v) is 5.70. The number of carbonyl (C=O) groups excluding carboxylic acids is 1. The molecule has 1 N–H and O–H groups in total. The Hall–Kier alpha value is -2.59. The summed E-state index contributed by atoms with van der Waals surface area (Å²) in [5.74, 6) is 1.22. The molecule has 138 valence electrons. The number of rotatable bonds is 3. The van der Waals surface area contributed by atoms with Crippen molar-refractivity contribution in [3.8, 4) is 5.69 Å². The van der Waals surface area contributed by atoms with Gasteiger partial charge in [-0.25, -0.2) is 4.68 Å². The van der Waals surface area contributed by atoms with E-state index in [4.69, 9.17) is 11.6 Å². The maximum atomic E-state index is 12.4. The van der Waals surface area contributed by atoms with Gasteiger partial charge in [0.2, 0.25) is 5.91 Å². The number of aromatic nitrogens is 2. The van der Waals surface area contributed by atoms with Gasteiger partial charge in [-0.05, 0) is 41.7 Å². The molecule has 0 aliphatic carbocycles. The molecular weight excluding hydrogens is 358 g/mol. The van der Waals surface area contributed by atoms with Gasteiger partial charge < -0.3 is 5.32 Å². The number of amides is 1. The van der Waals surface area contributed by atoms with Gasteiger partial charge in [-0.15, -0.1) is 0 Å². The summed E-state index contributed by atoms with van der Waals surface area (Å²) in [5, 5.41) is 8.25.